The Morgan fingerprint density at radius 2 is 1.50 bits per heavy atom. The van der Waals surface area contributed by atoms with Crippen LogP contribution in [0.5, 0.6) is 0 Å². The van der Waals surface area contributed by atoms with E-state index in [0.29, 0.717) is 0 Å². The molecule has 102 valence electrons. The predicted molar refractivity (Wildman–Crippen MR) is 72.5 cm³/mol. The molecule has 0 amide bonds. The molecular formula is C13H22N2O2S. The minimum Gasteiger partial charge on any atom is -0.227 e. The van der Waals surface area contributed by atoms with Crippen molar-refractivity contribution in [2.45, 2.75) is 57.5 Å². The van der Waals surface area contributed by atoms with Crippen molar-refractivity contribution in [1.29, 1.82) is 0 Å². The molecule has 0 fully saturated rings. The predicted octanol–water partition coefficient (Wildman–Crippen LogP) is 2.48. The van der Waals surface area contributed by atoms with Crippen molar-refractivity contribution in [1.82, 2.24) is 9.97 Å². The number of nitrogens with zero attached hydrogens (tertiary/aromatic N) is 2. The summed E-state index contributed by atoms with van der Waals surface area (Å²) in [5, 5.41) is -0.0968. The SMILES string of the molecule is CC(C)(C)c1cnc(S(C)(=O)=O)nc1C(C)(C)C. The Kier molecular flexibility index (Phi) is 3.60. The molecule has 0 saturated carbocycles. The second kappa shape index (κ2) is 4.30. The molecule has 0 aliphatic rings. The lowest BCUT2D eigenvalue weighted by Gasteiger charge is -2.28. The number of aromatic nitrogens is 2. The summed E-state index contributed by atoms with van der Waals surface area (Å²) in [7, 11) is -3.37. The van der Waals surface area contributed by atoms with Gasteiger partial charge in [0.05, 0.1) is 5.69 Å². The zero-order chi connectivity index (χ0) is 14.4. The molecule has 1 rings (SSSR count). The van der Waals surface area contributed by atoms with Gasteiger partial charge in [0.1, 0.15) is 0 Å². The smallest absolute Gasteiger partial charge is 0.227 e. The molecule has 0 bridgehead atoms. The molecule has 0 unspecified atom stereocenters. The molecule has 18 heavy (non-hydrogen) atoms. The third kappa shape index (κ3) is 3.28. The van der Waals surface area contributed by atoms with Crippen molar-refractivity contribution < 1.29 is 8.42 Å². The summed E-state index contributed by atoms with van der Waals surface area (Å²) >= 11 is 0. The fourth-order valence-electron chi connectivity index (χ4n) is 1.66. The maximum Gasteiger partial charge on any atom is 0.247 e. The monoisotopic (exact) mass is 270 g/mol. The fourth-order valence-corrected chi connectivity index (χ4v) is 2.17. The molecule has 0 saturated heterocycles. The van der Waals surface area contributed by atoms with Gasteiger partial charge in [-0.15, -0.1) is 0 Å². The summed E-state index contributed by atoms with van der Waals surface area (Å²) in [6.45, 7) is 12.3. The van der Waals surface area contributed by atoms with Crippen LogP contribution in [0.25, 0.3) is 0 Å². The fraction of sp³-hybridized carbons (Fsp3) is 0.692. The Morgan fingerprint density at radius 1 is 1.00 bits per heavy atom. The highest BCUT2D eigenvalue weighted by Crippen LogP contribution is 2.32. The number of rotatable bonds is 1. The van der Waals surface area contributed by atoms with E-state index in [9.17, 15) is 8.42 Å². The molecule has 0 aliphatic carbocycles. The number of hydrogen-bond acceptors (Lipinski definition) is 4. The first-order chi connectivity index (χ1) is 7.83. The first kappa shape index (κ1) is 15.1. The van der Waals surface area contributed by atoms with Gasteiger partial charge >= 0.3 is 0 Å². The molecule has 0 spiro atoms. The lowest BCUT2D eigenvalue weighted by molar-refractivity contribution is 0.499. The molecular weight excluding hydrogens is 248 g/mol. The normalized spacial score (nSPS) is 13.7. The third-order valence-corrected chi connectivity index (χ3v) is 3.48. The summed E-state index contributed by atoms with van der Waals surface area (Å²) in [6.07, 6.45) is 2.77. The van der Waals surface area contributed by atoms with Crippen LogP contribution < -0.4 is 0 Å². The van der Waals surface area contributed by atoms with Crippen LogP contribution in [0.4, 0.5) is 0 Å². The van der Waals surface area contributed by atoms with Crippen LogP contribution in [-0.2, 0) is 20.7 Å². The van der Waals surface area contributed by atoms with Gasteiger partial charge in [0.15, 0.2) is 0 Å². The molecule has 0 aliphatic heterocycles. The first-order valence-electron chi connectivity index (χ1n) is 5.91. The van der Waals surface area contributed by atoms with Gasteiger partial charge in [0.25, 0.3) is 0 Å². The van der Waals surface area contributed by atoms with Crippen molar-refractivity contribution in [3.63, 3.8) is 0 Å². The molecule has 1 heterocycles. The average Bonchev–Trinajstić information content (AvgIpc) is 2.12. The van der Waals surface area contributed by atoms with E-state index in [0.717, 1.165) is 17.5 Å². The van der Waals surface area contributed by atoms with E-state index in [1.807, 2.05) is 20.8 Å². The first-order valence-corrected chi connectivity index (χ1v) is 7.80. The minimum atomic E-state index is -3.37. The summed E-state index contributed by atoms with van der Waals surface area (Å²) in [6, 6.07) is 0. The largest absolute Gasteiger partial charge is 0.247 e. The van der Waals surface area contributed by atoms with E-state index < -0.39 is 9.84 Å². The van der Waals surface area contributed by atoms with Crippen LogP contribution in [0.3, 0.4) is 0 Å². The number of hydrogen-bond donors (Lipinski definition) is 0. The van der Waals surface area contributed by atoms with Gasteiger partial charge < -0.3 is 0 Å². The van der Waals surface area contributed by atoms with Gasteiger partial charge in [-0.1, -0.05) is 41.5 Å². The van der Waals surface area contributed by atoms with E-state index in [2.05, 4.69) is 30.7 Å². The van der Waals surface area contributed by atoms with Crippen LogP contribution in [0.2, 0.25) is 0 Å². The van der Waals surface area contributed by atoms with Crippen molar-refractivity contribution in [2.75, 3.05) is 6.26 Å². The standard InChI is InChI=1S/C13H22N2O2S/c1-12(2,3)9-8-14-11(18(7,16)17)15-10(9)13(4,5)6/h8H,1-7H3. The van der Waals surface area contributed by atoms with Gasteiger partial charge in [-0.2, -0.15) is 0 Å². The van der Waals surface area contributed by atoms with E-state index in [1.165, 1.54) is 0 Å². The summed E-state index contributed by atoms with van der Waals surface area (Å²) < 4.78 is 23.1. The molecule has 0 aromatic carbocycles. The van der Waals surface area contributed by atoms with Crippen LogP contribution in [0.15, 0.2) is 11.4 Å². The zero-order valence-corrected chi connectivity index (χ0v) is 13.0. The Bertz CT molecular complexity index is 549. The van der Waals surface area contributed by atoms with Crippen LogP contribution >= 0.6 is 0 Å². The van der Waals surface area contributed by atoms with Crippen molar-refractivity contribution in [3.05, 3.63) is 17.5 Å². The Hall–Kier alpha value is -0.970. The van der Waals surface area contributed by atoms with Crippen molar-refractivity contribution in [2.24, 2.45) is 0 Å². The van der Waals surface area contributed by atoms with Crippen LogP contribution in [-0.4, -0.2) is 24.6 Å². The van der Waals surface area contributed by atoms with Gasteiger partial charge in [0.2, 0.25) is 15.0 Å². The maximum atomic E-state index is 11.5. The Morgan fingerprint density at radius 3 is 1.83 bits per heavy atom. The quantitative estimate of drug-likeness (QED) is 0.736. The average molecular weight is 270 g/mol. The van der Waals surface area contributed by atoms with Gasteiger partial charge in [-0.3, -0.25) is 0 Å². The molecule has 5 heteroatoms. The van der Waals surface area contributed by atoms with Crippen LogP contribution in [0.1, 0.15) is 52.8 Å². The van der Waals surface area contributed by atoms with E-state index >= 15 is 0 Å². The topological polar surface area (TPSA) is 59.9 Å². The van der Waals surface area contributed by atoms with Crippen molar-refractivity contribution in [3.8, 4) is 0 Å². The van der Waals surface area contributed by atoms with E-state index in [1.54, 1.807) is 6.20 Å². The molecule has 0 radical (unpaired) electrons. The molecule has 1 aromatic heterocycles. The minimum absolute atomic E-state index is 0.0968. The lowest BCUT2D eigenvalue weighted by atomic mass is 9.79. The molecule has 1 aromatic rings. The molecule has 0 atom stereocenters. The maximum absolute atomic E-state index is 11.5. The summed E-state index contributed by atoms with van der Waals surface area (Å²) in [5.41, 5.74) is 1.46. The molecule has 0 N–H and O–H groups in total. The highest BCUT2D eigenvalue weighted by atomic mass is 32.2. The van der Waals surface area contributed by atoms with Gasteiger partial charge in [-0.05, 0) is 11.0 Å². The van der Waals surface area contributed by atoms with Gasteiger partial charge in [-0.25, -0.2) is 18.4 Å². The summed E-state index contributed by atoms with van der Waals surface area (Å²) in [4.78, 5) is 8.27. The van der Waals surface area contributed by atoms with Crippen molar-refractivity contribution >= 4 is 9.84 Å². The third-order valence-electron chi connectivity index (χ3n) is 2.62. The van der Waals surface area contributed by atoms with E-state index in [-0.39, 0.29) is 16.0 Å². The number of sulfone groups is 1. The Labute approximate surface area is 110 Å². The van der Waals surface area contributed by atoms with E-state index in [4.69, 9.17) is 0 Å². The van der Waals surface area contributed by atoms with Gasteiger partial charge in [0, 0.05) is 17.9 Å². The molecule has 4 nitrogen and oxygen atoms in total. The Balaban J connectivity index is 3.60. The lowest BCUT2D eigenvalue weighted by Crippen LogP contribution is -2.25. The second-order valence-electron chi connectivity index (χ2n) is 6.69. The zero-order valence-electron chi connectivity index (χ0n) is 12.2. The van der Waals surface area contributed by atoms with Crippen LogP contribution in [0, 0.1) is 0 Å². The highest BCUT2D eigenvalue weighted by molar-refractivity contribution is 7.90. The second-order valence-corrected chi connectivity index (χ2v) is 8.60. The summed E-state index contributed by atoms with van der Waals surface area (Å²) in [5.74, 6) is 0. The highest BCUT2D eigenvalue weighted by Gasteiger charge is 2.28.